The van der Waals surface area contributed by atoms with Gasteiger partial charge in [-0.05, 0) is 6.92 Å². The fourth-order valence-corrected chi connectivity index (χ4v) is 0.630. The van der Waals surface area contributed by atoms with E-state index >= 15 is 0 Å². The average Bonchev–Trinajstić information content (AvgIpc) is 2.11. The fourth-order valence-electron chi connectivity index (χ4n) is 0.630. The molecule has 0 unspecified atom stereocenters. The Balaban J connectivity index is 3.84. The smallest absolute Gasteiger partial charge is 0.178 e. The number of hydrogen-bond donors (Lipinski definition) is 1. The zero-order valence-corrected chi connectivity index (χ0v) is 7.58. The molecule has 0 aromatic heterocycles. The van der Waals surface area contributed by atoms with Gasteiger partial charge in [-0.15, -0.1) is 13.2 Å². The van der Waals surface area contributed by atoms with E-state index in [4.69, 9.17) is 15.2 Å². The topological polar surface area (TPSA) is 44.5 Å². The predicted octanol–water partition coefficient (Wildman–Crippen LogP) is 1.07. The quantitative estimate of drug-likeness (QED) is 0.460. The van der Waals surface area contributed by atoms with Crippen molar-refractivity contribution < 1.29 is 9.47 Å². The highest BCUT2D eigenvalue weighted by Crippen LogP contribution is 2.10. The van der Waals surface area contributed by atoms with E-state index in [2.05, 4.69) is 13.2 Å². The first kappa shape index (κ1) is 11.4. The minimum Gasteiger partial charge on any atom is -0.345 e. The molecule has 0 amide bonds. The van der Waals surface area contributed by atoms with E-state index in [1.54, 1.807) is 19.1 Å². The molecule has 0 atom stereocenters. The summed E-state index contributed by atoms with van der Waals surface area (Å²) in [5.74, 6) is -0.720. The lowest BCUT2D eigenvalue weighted by atomic mass is 10.3. The van der Waals surface area contributed by atoms with Crippen molar-refractivity contribution in [3.8, 4) is 0 Å². The minimum atomic E-state index is -0.720. The van der Waals surface area contributed by atoms with E-state index < -0.39 is 5.79 Å². The molecule has 3 heteroatoms. The molecule has 0 aromatic rings. The van der Waals surface area contributed by atoms with Gasteiger partial charge >= 0.3 is 0 Å². The molecule has 2 N–H and O–H groups in total. The van der Waals surface area contributed by atoms with E-state index in [0.717, 1.165) is 0 Å². The molecule has 0 spiro atoms. The van der Waals surface area contributed by atoms with Crippen LogP contribution >= 0.6 is 0 Å². The maximum atomic E-state index is 5.47. The molecular formula is C9H17NO2. The van der Waals surface area contributed by atoms with Gasteiger partial charge in [-0.3, -0.25) is 0 Å². The van der Waals surface area contributed by atoms with Gasteiger partial charge in [-0.2, -0.15) is 0 Å². The summed E-state index contributed by atoms with van der Waals surface area (Å²) >= 11 is 0. The van der Waals surface area contributed by atoms with Gasteiger partial charge in [0.15, 0.2) is 5.79 Å². The van der Waals surface area contributed by atoms with Gasteiger partial charge in [0, 0.05) is 6.54 Å². The SMILES string of the molecule is C=CCOC(C)(CN)OCC=C. The number of nitrogens with two attached hydrogens (primary N) is 1. The molecule has 0 aliphatic rings. The van der Waals surface area contributed by atoms with Crippen molar-refractivity contribution in [3.05, 3.63) is 25.3 Å². The van der Waals surface area contributed by atoms with Crippen molar-refractivity contribution in [3.63, 3.8) is 0 Å². The number of ether oxygens (including phenoxy) is 2. The Morgan fingerprint density at radius 1 is 1.25 bits per heavy atom. The molecule has 0 aromatic carbocycles. The third-order valence-electron chi connectivity index (χ3n) is 1.38. The molecule has 0 saturated carbocycles. The fraction of sp³-hybridized carbons (Fsp3) is 0.556. The van der Waals surface area contributed by atoms with Crippen LogP contribution in [0.2, 0.25) is 0 Å². The highest BCUT2D eigenvalue weighted by Gasteiger charge is 2.22. The summed E-state index contributed by atoms with van der Waals surface area (Å²) in [6.07, 6.45) is 3.32. The van der Waals surface area contributed by atoms with Gasteiger partial charge in [0.25, 0.3) is 0 Å². The standard InChI is InChI=1S/C9H17NO2/c1-4-6-11-9(3,8-10)12-7-5-2/h4-5H,1-2,6-8,10H2,3H3. The first-order chi connectivity index (χ1) is 5.68. The summed E-state index contributed by atoms with van der Waals surface area (Å²) in [6.45, 7) is 10.1. The van der Waals surface area contributed by atoms with Crippen molar-refractivity contribution in [2.45, 2.75) is 12.7 Å². The summed E-state index contributed by atoms with van der Waals surface area (Å²) in [5.41, 5.74) is 5.47. The third kappa shape index (κ3) is 4.28. The Morgan fingerprint density at radius 3 is 1.92 bits per heavy atom. The Bertz CT molecular complexity index is 133. The first-order valence-corrected chi connectivity index (χ1v) is 3.88. The maximum absolute atomic E-state index is 5.47. The van der Waals surface area contributed by atoms with Crippen molar-refractivity contribution in [1.82, 2.24) is 0 Å². The normalized spacial score (nSPS) is 11.2. The molecule has 0 fully saturated rings. The van der Waals surface area contributed by atoms with Crippen LogP contribution in [0.25, 0.3) is 0 Å². The zero-order valence-electron chi connectivity index (χ0n) is 7.58. The number of hydrogen-bond acceptors (Lipinski definition) is 3. The Kier molecular flexibility index (Phi) is 5.62. The molecule has 0 heterocycles. The van der Waals surface area contributed by atoms with Crippen LogP contribution in [-0.4, -0.2) is 25.5 Å². The van der Waals surface area contributed by atoms with Crippen LogP contribution < -0.4 is 5.73 Å². The summed E-state index contributed by atoms with van der Waals surface area (Å²) in [4.78, 5) is 0. The second-order valence-corrected chi connectivity index (χ2v) is 2.54. The van der Waals surface area contributed by atoms with Crippen molar-refractivity contribution >= 4 is 0 Å². The molecule has 0 radical (unpaired) electrons. The van der Waals surface area contributed by atoms with Crippen LogP contribution in [0, 0.1) is 0 Å². The lowest BCUT2D eigenvalue weighted by Crippen LogP contribution is -2.40. The van der Waals surface area contributed by atoms with E-state index in [-0.39, 0.29) is 0 Å². The lowest BCUT2D eigenvalue weighted by Gasteiger charge is -2.27. The van der Waals surface area contributed by atoms with Crippen LogP contribution in [0.4, 0.5) is 0 Å². The molecule has 70 valence electrons. The van der Waals surface area contributed by atoms with Gasteiger partial charge < -0.3 is 15.2 Å². The molecular weight excluding hydrogens is 154 g/mol. The van der Waals surface area contributed by atoms with Crippen LogP contribution in [0.5, 0.6) is 0 Å². The molecule has 0 rings (SSSR count). The minimum absolute atomic E-state index is 0.314. The van der Waals surface area contributed by atoms with Crippen LogP contribution in [0.3, 0.4) is 0 Å². The largest absolute Gasteiger partial charge is 0.345 e. The van der Waals surface area contributed by atoms with Gasteiger partial charge in [0.1, 0.15) is 0 Å². The van der Waals surface area contributed by atoms with E-state index in [1.807, 2.05) is 0 Å². The monoisotopic (exact) mass is 171 g/mol. The van der Waals surface area contributed by atoms with Crippen molar-refractivity contribution in [1.29, 1.82) is 0 Å². The van der Waals surface area contributed by atoms with Crippen molar-refractivity contribution in [2.24, 2.45) is 5.73 Å². The predicted molar refractivity (Wildman–Crippen MR) is 49.8 cm³/mol. The van der Waals surface area contributed by atoms with Gasteiger partial charge in [0.2, 0.25) is 0 Å². The number of rotatable bonds is 7. The average molecular weight is 171 g/mol. The van der Waals surface area contributed by atoms with Crippen LogP contribution in [0.15, 0.2) is 25.3 Å². The maximum Gasteiger partial charge on any atom is 0.178 e. The van der Waals surface area contributed by atoms with E-state index in [9.17, 15) is 0 Å². The summed E-state index contributed by atoms with van der Waals surface area (Å²) in [5, 5.41) is 0. The highest BCUT2D eigenvalue weighted by molar-refractivity contribution is 4.73. The zero-order chi connectivity index (χ0) is 9.45. The highest BCUT2D eigenvalue weighted by atomic mass is 16.7. The van der Waals surface area contributed by atoms with E-state index in [0.29, 0.717) is 19.8 Å². The van der Waals surface area contributed by atoms with Crippen LogP contribution in [0.1, 0.15) is 6.92 Å². The lowest BCUT2D eigenvalue weighted by molar-refractivity contribution is -0.205. The molecule has 0 bridgehead atoms. The molecule has 3 nitrogen and oxygen atoms in total. The Labute approximate surface area is 73.8 Å². The Hall–Kier alpha value is -0.640. The summed E-state index contributed by atoms with van der Waals surface area (Å²) < 4.78 is 10.6. The van der Waals surface area contributed by atoms with E-state index in [1.165, 1.54) is 0 Å². The summed E-state index contributed by atoms with van der Waals surface area (Å²) in [7, 11) is 0. The van der Waals surface area contributed by atoms with Gasteiger partial charge in [0.05, 0.1) is 13.2 Å². The van der Waals surface area contributed by atoms with Crippen molar-refractivity contribution in [2.75, 3.05) is 19.8 Å². The second kappa shape index (κ2) is 5.94. The van der Waals surface area contributed by atoms with Gasteiger partial charge in [-0.25, -0.2) is 0 Å². The Morgan fingerprint density at radius 2 is 1.67 bits per heavy atom. The van der Waals surface area contributed by atoms with Gasteiger partial charge in [-0.1, -0.05) is 12.2 Å². The molecule has 12 heavy (non-hydrogen) atoms. The molecule has 0 saturated heterocycles. The first-order valence-electron chi connectivity index (χ1n) is 3.88. The second-order valence-electron chi connectivity index (χ2n) is 2.54. The molecule has 0 aliphatic heterocycles. The van der Waals surface area contributed by atoms with Crippen LogP contribution in [-0.2, 0) is 9.47 Å². The third-order valence-corrected chi connectivity index (χ3v) is 1.38. The molecule has 0 aliphatic carbocycles. The summed E-state index contributed by atoms with van der Waals surface area (Å²) in [6, 6.07) is 0.